The van der Waals surface area contributed by atoms with Gasteiger partial charge in [-0.25, -0.2) is 0 Å². The first-order valence-corrected chi connectivity index (χ1v) is 8.61. The van der Waals surface area contributed by atoms with Crippen molar-refractivity contribution in [3.05, 3.63) is 72.7 Å². The zero-order chi connectivity index (χ0) is 17.6. The summed E-state index contributed by atoms with van der Waals surface area (Å²) in [6.07, 6.45) is 20.6. The molecule has 1 aliphatic heterocycles. The molecule has 1 aliphatic rings. The van der Waals surface area contributed by atoms with Gasteiger partial charge in [-0.05, 0) is 57.0 Å². The average Bonchev–Trinajstić information content (AvgIpc) is 2.56. The molecule has 1 N–H and O–H groups in total. The molecule has 1 unspecified atom stereocenters. The molecule has 0 aliphatic carbocycles. The number of carbonyl (C=O) groups excluding carboxylic acids is 1. The van der Waals surface area contributed by atoms with E-state index < -0.39 is 0 Å². The van der Waals surface area contributed by atoms with Crippen LogP contribution in [0.4, 0.5) is 0 Å². The summed E-state index contributed by atoms with van der Waals surface area (Å²) in [7, 11) is 0. The number of allylic oxidation sites excluding steroid dienone is 9. The summed E-state index contributed by atoms with van der Waals surface area (Å²) in [5, 5.41) is 3.22. The van der Waals surface area contributed by atoms with Crippen molar-refractivity contribution in [1.82, 2.24) is 5.32 Å². The van der Waals surface area contributed by atoms with Gasteiger partial charge in [-0.15, -0.1) is 0 Å². The third-order valence-electron chi connectivity index (χ3n) is 3.62. The molecule has 0 aromatic heterocycles. The molecule has 0 fully saturated rings. The van der Waals surface area contributed by atoms with E-state index in [2.05, 4.69) is 37.0 Å². The molecule has 0 saturated carbocycles. The van der Waals surface area contributed by atoms with Crippen LogP contribution >= 0.6 is 0 Å². The second-order valence-electron chi connectivity index (χ2n) is 5.73. The van der Waals surface area contributed by atoms with Crippen LogP contribution in [-0.2, 0) is 9.53 Å². The Morgan fingerprint density at radius 2 is 2.29 bits per heavy atom. The lowest BCUT2D eigenvalue weighted by Gasteiger charge is -2.16. The molecule has 0 spiro atoms. The van der Waals surface area contributed by atoms with E-state index in [1.54, 1.807) is 12.2 Å². The lowest BCUT2D eigenvalue weighted by atomic mass is 9.99. The summed E-state index contributed by atoms with van der Waals surface area (Å²) in [4.78, 5) is 12.5. The molecule has 1 rings (SSSR count). The van der Waals surface area contributed by atoms with Gasteiger partial charge < -0.3 is 10.1 Å². The highest BCUT2D eigenvalue weighted by molar-refractivity contribution is 5.74. The highest BCUT2D eigenvalue weighted by Crippen LogP contribution is 2.17. The first kappa shape index (κ1) is 19.8. The van der Waals surface area contributed by atoms with E-state index >= 15 is 0 Å². The zero-order valence-electron chi connectivity index (χ0n) is 14.8. The van der Waals surface area contributed by atoms with Crippen LogP contribution in [-0.4, -0.2) is 12.5 Å². The zero-order valence-corrected chi connectivity index (χ0v) is 14.8. The SMILES string of the molecule is C=C/C=C(\C=C/CC)OC(=O)C1CC\C=C/C(C)=C\C=C\NCC1. The van der Waals surface area contributed by atoms with Gasteiger partial charge in [-0.2, -0.15) is 0 Å². The molecule has 0 aromatic rings. The molecular weight excluding hydrogens is 298 g/mol. The van der Waals surface area contributed by atoms with Gasteiger partial charge in [-0.1, -0.05) is 49.5 Å². The summed E-state index contributed by atoms with van der Waals surface area (Å²) >= 11 is 0. The van der Waals surface area contributed by atoms with E-state index in [0.717, 1.165) is 32.2 Å². The Bertz CT molecular complexity index is 550. The Morgan fingerprint density at radius 3 is 3.04 bits per heavy atom. The van der Waals surface area contributed by atoms with Crippen LogP contribution in [0.2, 0.25) is 0 Å². The number of hydrogen-bond acceptors (Lipinski definition) is 3. The molecule has 3 heteroatoms. The minimum Gasteiger partial charge on any atom is -0.426 e. The number of nitrogens with one attached hydrogen (secondary N) is 1. The smallest absolute Gasteiger partial charge is 0.314 e. The van der Waals surface area contributed by atoms with E-state index in [4.69, 9.17) is 4.74 Å². The van der Waals surface area contributed by atoms with Crippen molar-refractivity contribution in [2.75, 3.05) is 6.54 Å². The summed E-state index contributed by atoms with van der Waals surface area (Å²) in [6.45, 7) is 8.52. The van der Waals surface area contributed by atoms with Gasteiger partial charge in [0.2, 0.25) is 0 Å². The van der Waals surface area contributed by atoms with Crippen LogP contribution in [0.5, 0.6) is 0 Å². The maximum Gasteiger partial charge on any atom is 0.314 e. The van der Waals surface area contributed by atoms with Crippen molar-refractivity contribution in [2.45, 2.75) is 39.5 Å². The second kappa shape index (κ2) is 12.2. The van der Waals surface area contributed by atoms with E-state index in [9.17, 15) is 4.79 Å². The van der Waals surface area contributed by atoms with Gasteiger partial charge in [-0.3, -0.25) is 4.79 Å². The van der Waals surface area contributed by atoms with Crippen LogP contribution in [0.1, 0.15) is 39.5 Å². The van der Waals surface area contributed by atoms with Gasteiger partial charge in [0, 0.05) is 6.54 Å². The predicted molar refractivity (Wildman–Crippen MR) is 101 cm³/mol. The maximum absolute atomic E-state index is 12.5. The first-order chi connectivity index (χ1) is 11.7. The number of rotatable bonds is 5. The second-order valence-corrected chi connectivity index (χ2v) is 5.73. The van der Waals surface area contributed by atoms with Crippen molar-refractivity contribution < 1.29 is 9.53 Å². The first-order valence-electron chi connectivity index (χ1n) is 8.61. The van der Waals surface area contributed by atoms with Crippen molar-refractivity contribution in [2.24, 2.45) is 5.92 Å². The molecule has 1 atom stereocenters. The van der Waals surface area contributed by atoms with Crippen molar-refractivity contribution in [3.8, 4) is 0 Å². The fraction of sp³-hybridized carbons (Fsp3) is 0.381. The largest absolute Gasteiger partial charge is 0.426 e. The third-order valence-corrected chi connectivity index (χ3v) is 3.62. The number of hydrogen-bond donors (Lipinski definition) is 1. The maximum atomic E-state index is 12.5. The molecule has 1 heterocycles. The highest BCUT2D eigenvalue weighted by atomic mass is 16.5. The van der Waals surface area contributed by atoms with E-state index in [1.807, 2.05) is 31.4 Å². The van der Waals surface area contributed by atoms with Crippen molar-refractivity contribution >= 4 is 5.97 Å². The molecule has 3 nitrogen and oxygen atoms in total. The summed E-state index contributed by atoms with van der Waals surface area (Å²) in [5.74, 6) is 0.250. The molecule has 0 aromatic carbocycles. The van der Waals surface area contributed by atoms with Gasteiger partial charge in [0.1, 0.15) is 5.76 Å². The van der Waals surface area contributed by atoms with E-state index in [0.29, 0.717) is 5.76 Å². The van der Waals surface area contributed by atoms with E-state index in [1.165, 1.54) is 5.57 Å². The molecule has 0 saturated heterocycles. The number of carbonyl (C=O) groups is 1. The van der Waals surface area contributed by atoms with Crippen molar-refractivity contribution in [1.29, 1.82) is 0 Å². The van der Waals surface area contributed by atoms with Gasteiger partial charge in [0.25, 0.3) is 0 Å². The van der Waals surface area contributed by atoms with E-state index in [-0.39, 0.29) is 11.9 Å². The Kier molecular flexibility index (Phi) is 10.0. The summed E-state index contributed by atoms with van der Waals surface area (Å²) < 4.78 is 5.56. The normalized spacial score (nSPS) is 24.7. The molecule has 0 amide bonds. The predicted octanol–water partition coefficient (Wildman–Crippen LogP) is 4.97. The number of ether oxygens (including phenoxy) is 1. The number of esters is 1. The lowest BCUT2D eigenvalue weighted by Crippen LogP contribution is -2.22. The summed E-state index contributed by atoms with van der Waals surface area (Å²) in [6, 6.07) is 0. The van der Waals surface area contributed by atoms with Gasteiger partial charge >= 0.3 is 5.97 Å². The Balaban J connectivity index is 2.73. The highest BCUT2D eigenvalue weighted by Gasteiger charge is 2.20. The summed E-state index contributed by atoms with van der Waals surface area (Å²) in [5.41, 5.74) is 1.19. The van der Waals surface area contributed by atoms with Crippen LogP contribution in [0.3, 0.4) is 0 Å². The standard InChI is InChI=1S/C21H29NO2/c1-4-6-14-20(10-5-2)24-21(23)19-13-8-7-11-18(3)12-9-16-22-17-15-19/h5-7,9-12,14,16,19,22H,2,4,8,13,15,17H2,1,3H3/b11-7-,14-6-,16-9+,18-12-,20-10+. The van der Waals surface area contributed by atoms with Gasteiger partial charge in [0.05, 0.1) is 5.92 Å². The Morgan fingerprint density at radius 1 is 1.46 bits per heavy atom. The monoisotopic (exact) mass is 327 g/mol. The molecule has 24 heavy (non-hydrogen) atoms. The van der Waals surface area contributed by atoms with Crippen LogP contribution in [0, 0.1) is 5.92 Å². The molecular formula is C21H29NO2. The lowest BCUT2D eigenvalue weighted by molar-refractivity contribution is -0.144. The van der Waals surface area contributed by atoms with Crippen LogP contribution in [0.15, 0.2) is 72.7 Å². The quantitative estimate of drug-likeness (QED) is 0.440. The minimum absolute atomic E-state index is 0.123. The third kappa shape index (κ3) is 8.37. The van der Waals surface area contributed by atoms with Gasteiger partial charge in [0.15, 0.2) is 0 Å². The average molecular weight is 327 g/mol. The Labute approximate surface area is 146 Å². The Hall–Kier alpha value is -2.29. The fourth-order valence-electron chi connectivity index (χ4n) is 2.28. The fourth-order valence-corrected chi connectivity index (χ4v) is 2.28. The minimum atomic E-state index is -0.174. The van der Waals surface area contributed by atoms with Crippen molar-refractivity contribution in [3.63, 3.8) is 0 Å². The molecule has 130 valence electrons. The topological polar surface area (TPSA) is 38.3 Å². The molecule has 0 radical (unpaired) electrons. The van der Waals surface area contributed by atoms with Crippen LogP contribution in [0.25, 0.3) is 0 Å². The molecule has 0 bridgehead atoms. The van der Waals surface area contributed by atoms with Crippen LogP contribution < -0.4 is 5.32 Å².